The summed E-state index contributed by atoms with van der Waals surface area (Å²) in [7, 11) is 0. The topological polar surface area (TPSA) is 66.0 Å². The summed E-state index contributed by atoms with van der Waals surface area (Å²) in [4.78, 5) is 11.3. The van der Waals surface area contributed by atoms with E-state index in [4.69, 9.17) is 0 Å². The number of hydrogen-bond donors (Lipinski definition) is 2. The van der Waals surface area contributed by atoms with Crippen LogP contribution in [0.15, 0.2) is 48.5 Å². The number of nitrogens with zero attached hydrogens (tertiary/aromatic N) is 1. The predicted molar refractivity (Wildman–Crippen MR) is 81.1 cm³/mol. The summed E-state index contributed by atoms with van der Waals surface area (Å²) in [5, 5.41) is 16.2. The van der Waals surface area contributed by atoms with Crippen molar-refractivity contribution >= 4 is 5.97 Å². The van der Waals surface area contributed by atoms with Crippen LogP contribution in [0, 0.1) is 12.7 Å². The average Bonchev–Trinajstić information content (AvgIpc) is 2.96. The standard InChI is InChI=1S/C17H13FN2O2/c1-10-6-11(8-12(18)7-10)15-9-16(20-19-15)13-4-2-3-5-14(13)17(21)22/h2-9H,1H3,(H,19,20)(H,21,22). The van der Waals surface area contributed by atoms with Gasteiger partial charge in [0.15, 0.2) is 0 Å². The minimum atomic E-state index is -1.01. The molecule has 0 unspecified atom stereocenters. The van der Waals surface area contributed by atoms with Crippen molar-refractivity contribution in [3.05, 3.63) is 65.5 Å². The Bertz CT molecular complexity index is 835. The average molecular weight is 296 g/mol. The Hall–Kier alpha value is -2.95. The highest BCUT2D eigenvalue weighted by Gasteiger charge is 2.14. The summed E-state index contributed by atoms with van der Waals surface area (Å²) in [5.41, 5.74) is 3.32. The zero-order chi connectivity index (χ0) is 15.7. The first-order chi connectivity index (χ1) is 10.5. The fourth-order valence-electron chi connectivity index (χ4n) is 2.40. The van der Waals surface area contributed by atoms with E-state index in [2.05, 4.69) is 10.2 Å². The third-order valence-corrected chi connectivity index (χ3v) is 3.36. The fourth-order valence-corrected chi connectivity index (χ4v) is 2.40. The van der Waals surface area contributed by atoms with Crippen molar-refractivity contribution in [3.63, 3.8) is 0 Å². The summed E-state index contributed by atoms with van der Waals surface area (Å²) in [6, 6.07) is 13.0. The lowest BCUT2D eigenvalue weighted by Crippen LogP contribution is -1.98. The molecule has 0 atom stereocenters. The molecule has 0 fully saturated rings. The van der Waals surface area contributed by atoms with Gasteiger partial charge in [-0.2, -0.15) is 5.10 Å². The number of carboxylic acid groups (broad SMARTS) is 1. The predicted octanol–water partition coefficient (Wildman–Crippen LogP) is 3.89. The number of aromatic carboxylic acids is 1. The molecule has 3 rings (SSSR count). The third-order valence-electron chi connectivity index (χ3n) is 3.36. The molecule has 2 N–H and O–H groups in total. The van der Waals surface area contributed by atoms with Gasteiger partial charge in [-0.3, -0.25) is 5.10 Å². The Balaban J connectivity index is 2.06. The molecule has 0 aliphatic heterocycles. The number of aryl methyl sites for hydroxylation is 1. The Kier molecular flexibility index (Phi) is 3.47. The number of carbonyl (C=O) groups is 1. The van der Waals surface area contributed by atoms with Crippen LogP contribution in [0.5, 0.6) is 0 Å². The van der Waals surface area contributed by atoms with Crippen LogP contribution in [0.1, 0.15) is 15.9 Å². The highest BCUT2D eigenvalue weighted by atomic mass is 19.1. The van der Waals surface area contributed by atoms with Crippen molar-refractivity contribution in [2.75, 3.05) is 0 Å². The number of hydrogen-bond acceptors (Lipinski definition) is 2. The van der Waals surface area contributed by atoms with Gasteiger partial charge in [0.2, 0.25) is 0 Å². The van der Waals surface area contributed by atoms with Crippen molar-refractivity contribution in [2.45, 2.75) is 6.92 Å². The largest absolute Gasteiger partial charge is 0.478 e. The van der Waals surface area contributed by atoms with Gasteiger partial charge in [0.05, 0.1) is 17.0 Å². The van der Waals surface area contributed by atoms with E-state index >= 15 is 0 Å². The zero-order valence-electron chi connectivity index (χ0n) is 11.8. The van der Waals surface area contributed by atoms with Crippen molar-refractivity contribution in [3.8, 4) is 22.5 Å². The maximum absolute atomic E-state index is 13.5. The van der Waals surface area contributed by atoms with E-state index in [1.54, 1.807) is 31.2 Å². The van der Waals surface area contributed by atoms with Gasteiger partial charge in [-0.1, -0.05) is 18.2 Å². The zero-order valence-corrected chi connectivity index (χ0v) is 11.8. The summed E-state index contributed by atoms with van der Waals surface area (Å²) in [6.45, 7) is 1.81. The van der Waals surface area contributed by atoms with Gasteiger partial charge in [0, 0.05) is 11.1 Å². The van der Waals surface area contributed by atoms with Crippen LogP contribution in [0.3, 0.4) is 0 Å². The number of halogens is 1. The third kappa shape index (κ3) is 2.61. The number of carboxylic acids is 1. The van der Waals surface area contributed by atoms with Gasteiger partial charge >= 0.3 is 5.97 Å². The van der Waals surface area contributed by atoms with Gasteiger partial charge in [-0.05, 0) is 42.8 Å². The number of aromatic amines is 1. The van der Waals surface area contributed by atoms with E-state index in [-0.39, 0.29) is 11.4 Å². The molecule has 1 heterocycles. The second-order valence-corrected chi connectivity index (χ2v) is 5.03. The lowest BCUT2D eigenvalue weighted by Gasteiger charge is -2.02. The molecule has 22 heavy (non-hydrogen) atoms. The second kappa shape index (κ2) is 5.44. The molecule has 0 saturated carbocycles. The molecule has 0 radical (unpaired) electrons. The maximum atomic E-state index is 13.5. The monoisotopic (exact) mass is 296 g/mol. The highest BCUT2D eigenvalue weighted by Crippen LogP contribution is 2.27. The molecular weight excluding hydrogens is 283 g/mol. The number of rotatable bonds is 3. The molecule has 0 aliphatic rings. The first kappa shape index (κ1) is 14.0. The van der Waals surface area contributed by atoms with Crippen molar-refractivity contribution in [2.24, 2.45) is 0 Å². The Morgan fingerprint density at radius 3 is 2.68 bits per heavy atom. The van der Waals surface area contributed by atoms with E-state index < -0.39 is 5.97 Å². The van der Waals surface area contributed by atoms with E-state index in [1.807, 2.05) is 6.07 Å². The number of benzene rings is 2. The van der Waals surface area contributed by atoms with Crippen LogP contribution >= 0.6 is 0 Å². The molecule has 2 aromatic carbocycles. The molecule has 0 amide bonds. The van der Waals surface area contributed by atoms with Crippen LogP contribution < -0.4 is 0 Å². The van der Waals surface area contributed by atoms with E-state index in [0.717, 1.165) is 5.56 Å². The molecule has 5 heteroatoms. The van der Waals surface area contributed by atoms with Gasteiger partial charge in [0.1, 0.15) is 5.82 Å². The van der Waals surface area contributed by atoms with Crippen LogP contribution in [0.2, 0.25) is 0 Å². The molecule has 3 aromatic rings. The van der Waals surface area contributed by atoms with Gasteiger partial charge in [-0.25, -0.2) is 9.18 Å². The van der Waals surface area contributed by atoms with Crippen molar-refractivity contribution in [1.29, 1.82) is 0 Å². The first-order valence-corrected chi connectivity index (χ1v) is 6.70. The smallest absolute Gasteiger partial charge is 0.336 e. The molecule has 110 valence electrons. The quantitative estimate of drug-likeness (QED) is 0.770. The van der Waals surface area contributed by atoms with E-state index in [9.17, 15) is 14.3 Å². The van der Waals surface area contributed by atoms with Gasteiger partial charge < -0.3 is 5.11 Å². The van der Waals surface area contributed by atoms with Crippen LogP contribution in [-0.4, -0.2) is 21.3 Å². The highest BCUT2D eigenvalue weighted by molar-refractivity contribution is 5.95. The Morgan fingerprint density at radius 1 is 1.18 bits per heavy atom. The molecule has 4 nitrogen and oxygen atoms in total. The molecule has 0 aliphatic carbocycles. The van der Waals surface area contributed by atoms with Crippen molar-refractivity contribution < 1.29 is 14.3 Å². The molecule has 0 spiro atoms. The Morgan fingerprint density at radius 2 is 1.95 bits per heavy atom. The minimum absolute atomic E-state index is 0.188. The van der Waals surface area contributed by atoms with Crippen LogP contribution in [0.25, 0.3) is 22.5 Å². The first-order valence-electron chi connectivity index (χ1n) is 6.70. The second-order valence-electron chi connectivity index (χ2n) is 5.03. The van der Waals surface area contributed by atoms with Gasteiger partial charge in [-0.15, -0.1) is 0 Å². The van der Waals surface area contributed by atoms with Crippen molar-refractivity contribution in [1.82, 2.24) is 10.2 Å². The molecule has 0 saturated heterocycles. The molecular formula is C17H13FN2O2. The normalized spacial score (nSPS) is 10.6. The Labute approximate surface area is 126 Å². The lowest BCUT2D eigenvalue weighted by atomic mass is 10.0. The van der Waals surface area contributed by atoms with E-state index in [0.29, 0.717) is 22.5 Å². The maximum Gasteiger partial charge on any atom is 0.336 e. The SMILES string of the molecule is Cc1cc(F)cc(-c2cc(-c3ccccc3C(=O)O)[nH]n2)c1. The number of nitrogens with one attached hydrogen (secondary N) is 1. The molecule has 1 aromatic heterocycles. The van der Waals surface area contributed by atoms with Crippen LogP contribution in [0.4, 0.5) is 4.39 Å². The molecule has 0 bridgehead atoms. The minimum Gasteiger partial charge on any atom is -0.478 e. The fraction of sp³-hybridized carbons (Fsp3) is 0.0588. The van der Waals surface area contributed by atoms with E-state index in [1.165, 1.54) is 18.2 Å². The summed E-state index contributed by atoms with van der Waals surface area (Å²) < 4.78 is 13.5. The summed E-state index contributed by atoms with van der Waals surface area (Å²) >= 11 is 0. The number of H-pyrrole nitrogens is 1. The van der Waals surface area contributed by atoms with Crippen LogP contribution in [-0.2, 0) is 0 Å². The summed E-state index contributed by atoms with van der Waals surface area (Å²) in [5.74, 6) is -1.33. The van der Waals surface area contributed by atoms with Gasteiger partial charge in [0.25, 0.3) is 0 Å². The number of aromatic nitrogens is 2. The lowest BCUT2D eigenvalue weighted by molar-refractivity contribution is 0.0697. The summed E-state index contributed by atoms with van der Waals surface area (Å²) in [6.07, 6.45) is 0.